The van der Waals surface area contributed by atoms with E-state index >= 15 is 0 Å². The minimum absolute atomic E-state index is 0.0432. The Morgan fingerprint density at radius 3 is 2.50 bits per heavy atom. The number of halogens is 1. The number of likely N-dealkylation sites (tertiary alicyclic amines) is 1. The predicted octanol–water partition coefficient (Wildman–Crippen LogP) is 1.17. The molecule has 1 aliphatic rings. The Morgan fingerprint density at radius 1 is 1.50 bits per heavy atom. The fraction of sp³-hybridized carbons (Fsp3) is 0.900. The van der Waals surface area contributed by atoms with E-state index in [-0.39, 0.29) is 11.8 Å². The molecule has 0 unspecified atom stereocenters. The Bertz CT molecular complexity index is 191. The molecule has 1 amide bonds. The van der Waals surface area contributed by atoms with E-state index in [0.717, 1.165) is 32.5 Å². The first-order valence-corrected chi connectivity index (χ1v) is 5.76. The van der Waals surface area contributed by atoms with Crippen molar-refractivity contribution in [2.24, 2.45) is 0 Å². The number of hydrogen-bond donors (Lipinski definition) is 0. The van der Waals surface area contributed by atoms with E-state index in [1.54, 1.807) is 4.90 Å². The van der Waals surface area contributed by atoms with Gasteiger partial charge in [0.1, 0.15) is 5.88 Å². The van der Waals surface area contributed by atoms with Crippen LogP contribution < -0.4 is 0 Å². The van der Waals surface area contributed by atoms with Crippen LogP contribution >= 0.6 is 11.6 Å². The van der Waals surface area contributed by atoms with Crippen molar-refractivity contribution in [3.8, 4) is 0 Å². The first-order valence-electron chi connectivity index (χ1n) is 5.23. The fourth-order valence-corrected chi connectivity index (χ4v) is 2.11. The number of carbonyl (C=O) groups is 1. The van der Waals surface area contributed by atoms with Gasteiger partial charge in [-0.3, -0.25) is 4.79 Å². The van der Waals surface area contributed by atoms with E-state index in [9.17, 15) is 4.79 Å². The molecule has 3 nitrogen and oxygen atoms in total. The van der Waals surface area contributed by atoms with E-state index in [1.807, 2.05) is 7.05 Å². The summed E-state index contributed by atoms with van der Waals surface area (Å²) >= 11 is 5.52. The molecule has 0 bridgehead atoms. The molecule has 0 aromatic carbocycles. The number of rotatable bonds is 3. The molecule has 0 aromatic heterocycles. The third-order valence-corrected chi connectivity index (χ3v) is 3.29. The molecule has 0 radical (unpaired) electrons. The second-order valence-electron chi connectivity index (χ2n) is 3.80. The van der Waals surface area contributed by atoms with Gasteiger partial charge in [0.25, 0.3) is 0 Å². The molecule has 1 fully saturated rings. The van der Waals surface area contributed by atoms with Crippen molar-refractivity contribution < 1.29 is 4.79 Å². The molecule has 4 heteroatoms. The Hall–Kier alpha value is -0.280. The Labute approximate surface area is 91.0 Å². The number of alkyl halides is 1. The zero-order valence-electron chi connectivity index (χ0n) is 9.00. The maximum Gasteiger partial charge on any atom is 0.237 e. The summed E-state index contributed by atoms with van der Waals surface area (Å²) in [7, 11) is 1.86. The van der Waals surface area contributed by atoms with Gasteiger partial charge in [-0.2, -0.15) is 0 Å². The van der Waals surface area contributed by atoms with Crippen molar-refractivity contribution in [3.05, 3.63) is 0 Å². The normalized spacial score (nSPS) is 19.6. The predicted molar refractivity (Wildman–Crippen MR) is 58.6 cm³/mol. The molecule has 0 saturated carbocycles. The quantitative estimate of drug-likeness (QED) is 0.664. The lowest BCUT2D eigenvalue weighted by atomic mass is 10.0. The molecule has 0 spiro atoms. The van der Waals surface area contributed by atoms with Crippen LogP contribution in [0.4, 0.5) is 0 Å². The molecule has 0 aliphatic carbocycles. The van der Waals surface area contributed by atoms with Gasteiger partial charge in [0.2, 0.25) is 5.91 Å². The van der Waals surface area contributed by atoms with E-state index < -0.39 is 0 Å². The topological polar surface area (TPSA) is 23.6 Å². The van der Waals surface area contributed by atoms with Gasteiger partial charge in [0.05, 0.1) is 0 Å². The van der Waals surface area contributed by atoms with Crippen LogP contribution in [0, 0.1) is 0 Å². The van der Waals surface area contributed by atoms with Gasteiger partial charge in [0, 0.05) is 26.2 Å². The number of nitrogens with zero attached hydrogens (tertiary/aromatic N) is 2. The molecule has 0 atom stereocenters. The highest BCUT2D eigenvalue weighted by molar-refractivity contribution is 6.27. The lowest BCUT2D eigenvalue weighted by molar-refractivity contribution is -0.130. The van der Waals surface area contributed by atoms with Crippen LogP contribution in [0.15, 0.2) is 0 Å². The third kappa shape index (κ3) is 2.85. The first kappa shape index (κ1) is 11.8. The zero-order valence-corrected chi connectivity index (χ0v) is 9.76. The number of hydrogen-bond acceptors (Lipinski definition) is 2. The third-order valence-electron chi connectivity index (χ3n) is 3.06. The summed E-state index contributed by atoms with van der Waals surface area (Å²) < 4.78 is 0. The molecule has 0 N–H and O–H groups in total. The standard InChI is InChI=1S/C10H19ClN2O/c1-3-13-6-4-9(5-7-13)12(2)10(14)8-11/h9H,3-8H2,1-2H3. The van der Waals surface area contributed by atoms with Crippen LogP contribution in [0.1, 0.15) is 19.8 Å². The largest absolute Gasteiger partial charge is 0.342 e. The van der Waals surface area contributed by atoms with Crippen LogP contribution in [0.2, 0.25) is 0 Å². The molecular weight excluding hydrogens is 200 g/mol. The van der Waals surface area contributed by atoms with Crippen molar-refractivity contribution in [1.82, 2.24) is 9.80 Å². The summed E-state index contributed by atoms with van der Waals surface area (Å²) in [6.07, 6.45) is 2.15. The second-order valence-corrected chi connectivity index (χ2v) is 4.07. The molecule has 0 aromatic rings. The van der Waals surface area contributed by atoms with Crippen LogP contribution in [0.5, 0.6) is 0 Å². The minimum Gasteiger partial charge on any atom is -0.342 e. The Balaban J connectivity index is 2.37. The van der Waals surface area contributed by atoms with Crippen molar-refractivity contribution in [2.45, 2.75) is 25.8 Å². The van der Waals surface area contributed by atoms with Crippen molar-refractivity contribution in [1.29, 1.82) is 0 Å². The van der Waals surface area contributed by atoms with Gasteiger partial charge < -0.3 is 9.80 Å². The molecule has 1 saturated heterocycles. The minimum atomic E-state index is 0.0432. The first-order chi connectivity index (χ1) is 6.69. The Morgan fingerprint density at radius 2 is 2.07 bits per heavy atom. The van der Waals surface area contributed by atoms with Gasteiger partial charge in [-0.25, -0.2) is 0 Å². The summed E-state index contributed by atoms with van der Waals surface area (Å²) in [5.74, 6) is 0.145. The lowest BCUT2D eigenvalue weighted by Gasteiger charge is -2.36. The Kier molecular flexibility index (Phi) is 4.69. The highest BCUT2D eigenvalue weighted by Crippen LogP contribution is 2.15. The summed E-state index contributed by atoms with van der Waals surface area (Å²) in [5.41, 5.74) is 0. The average molecular weight is 219 g/mol. The van der Waals surface area contributed by atoms with E-state index in [4.69, 9.17) is 11.6 Å². The monoisotopic (exact) mass is 218 g/mol. The zero-order chi connectivity index (χ0) is 10.6. The van der Waals surface area contributed by atoms with Gasteiger partial charge in [-0.15, -0.1) is 11.6 Å². The number of carbonyl (C=O) groups excluding carboxylic acids is 1. The molecule has 14 heavy (non-hydrogen) atoms. The average Bonchev–Trinajstić information content (AvgIpc) is 2.27. The number of piperidine rings is 1. The number of amides is 1. The smallest absolute Gasteiger partial charge is 0.237 e. The SMILES string of the molecule is CCN1CCC(N(C)C(=O)CCl)CC1. The molecule has 1 aliphatic heterocycles. The highest BCUT2D eigenvalue weighted by atomic mass is 35.5. The van der Waals surface area contributed by atoms with Gasteiger partial charge in [0.15, 0.2) is 0 Å². The van der Waals surface area contributed by atoms with Crippen molar-refractivity contribution >= 4 is 17.5 Å². The van der Waals surface area contributed by atoms with E-state index in [1.165, 1.54) is 0 Å². The molecular formula is C10H19ClN2O. The maximum absolute atomic E-state index is 11.3. The molecule has 1 rings (SSSR count). The van der Waals surface area contributed by atoms with Crippen LogP contribution in [-0.2, 0) is 4.79 Å². The summed E-state index contributed by atoms with van der Waals surface area (Å²) in [6.45, 7) is 5.48. The van der Waals surface area contributed by atoms with E-state index in [2.05, 4.69) is 11.8 Å². The summed E-state index contributed by atoms with van der Waals surface area (Å²) in [6, 6.07) is 0.393. The maximum atomic E-state index is 11.3. The van der Waals surface area contributed by atoms with Gasteiger partial charge in [-0.1, -0.05) is 6.92 Å². The fourth-order valence-electron chi connectivity index (χ4n) is 1.92. The molecule has 82 valence electrons. The lowest BCUT2D eigenvalue weighted by Crippen LogP contribution is -2.45. The van der Waals surface area contributed by atoms with Crippen molar-refractivity contribution in [2.75, 3.05) is 32.6 Å². The summed E-state index contributed by atoms with van der Waals surface area (Å²) in [5, 5.41) is 0. The van der Waals surface area contributed by atoms with E-state index in [0.29, 0.717) is 6.04 Å². The van der Waals surface area contributed by atoms with Gasteiger partial charge >= 0.3 is 0 Å². The second kappa shape index (κ2) is 5.56. The van der Waals surface area contributed by atoms with Gasteiger partial charge in [-0.05, 0) is 19.4 Å². The van der Waals surface area contributed by atoms with Crippen LogP contribution in [-0.4, -0.2) is 54.3 Å². The summed E-state index contributed by atoms with van der Waals surface area (Å²) in [4.78, 5) is 15.6. The molecule has 1 heterocycles. The van der Waals surface area contributed by atoms with Crippen molar-refractivity contribution in [3.63, 3.8) is 0 Å². The van der Waals surface area contributed by atoms with Crippen LogP contribution in [0.3, 0.4) is 0 Å². The highest BCUT2D eigenvalue weighted by Gasteiger charge is 2.23. The van der Waals surface area contributed by atoms with Crippen LogP contribution in [0.25, 0.3) is 0 Å².